The van der Waals surface area contributed by atoms with Crippen molar-refractivity contribution in [1.82, 2.24) is 0 Å². The Labute approximate surface area is 141 Å². The highest BCUT2D eigenvalue weighted by molar-refractivity contribution is 8.13. The number of ether oxygens (including phenoxy) is 2. The average Bonchev–Trinajstić information content (AvgIpc) is 2.83. The molecule has 2 aliphatic carbocycles. The zero-order valence-electron chi connectivity index (χ0n) is 14.2. The lowest BCUT2D eigenvalue weighted by Gasteiger charge is -2.52. The minimum Gasteiger partial charge on any atom is -0.426 e. The summed E-state index contributed by atoms with van der Waals surface area (Å²) in [6, 6.07) is 0. The Balaban J connectivity index is 1.91. The molecule has 3 rings (SSSR count). The van der Waals surface area contributed by atoms with Gasteiger partial charge in [0.05, 0.1) is 0 Å². The fraction of sp³-hybridized carbons (Fsp3) is 0.667. The number of rotatable bonds is 3. The zero-order valence-corrected chi connectivity index (χ0v) is 15.0. The molecule has 0 N–H and O–H groups in total. The van der Waals surface area contributed by atoms with Gasteiger partial charge in [-0.2, -0.15) is 0 Å². The average molecular weight is 336 g/mol. The second kappa shape index (κ2) is 5.78. The van der Waals surface area contributed by atoms with Gasteiger partial charge < -0.3 is 9.47 Å². The van der Waals surface area contributed by atoms with Gasteiger partial charge in [0, 0.05) is 37.9 Å². The van der Waals surface area contributed by atoms with Crippen LogP contribution in [0.25, 0.3) is 0 Å². The lowest BCUT2D eigenvalue weighted by Crippen LogP contribution is -2.51. The maximum absolute atomic E-state index is 11.9. The number of allylic oxidation sites excluding steroid dienone is 1. The molecule has 0 aromatic rings. The van der Waals surface area contributed by atoms with Crippen molar-refractivity contribution in [1.29, 1.82) is 0 Å². The molecule has 3 aliphatic rings. The molecule has 1 aliphatic heterocycles. The third-order valence-corrected chi connectivity index (χ3v) is 6.52. The van der Waals surface area contributed by atoms with Crippen molar-refractivity contribution < 1.29 is 19.1 Å². The topological polar surface area (TPSA) is 52.6 Å². The molecule has 0 bridgehead atoms. The summed E-state index contributed by atoms with van der Waals surface area (Å²) < 4.78 is 11.3. The molecule has 23 heavy (non-hydrogen) atoms. The van der Waals surface area contributed by atoms with E-state index in [9.17, 15) is 9.59 Å². The molecule has 1 heterocycles. The summed E-state index contributed by atoms with van der Waals surface area (Å²) in [4.78, 5) is 23.1. The lowest BCUT2D eigenvalue weighted by atomic mass is 9.56. The van der Waals surface area contributed by atoms with Gasteiger partial charge in [0.15, 0.2) is 5.12 Å². The minimum atomic E-state index is -0.908. The first kappa shape index (κ1) is 16.8. The van der Waals surface area contributed by atoms with E-state index in [4.69, 9.17) is 9.47 Å². The maximum Gasteiger partial charge on any atom is 0.333 e. The summed E-state index contributed by atoms with van der Waals surface area (Å²) in [5, 5.41) is 0.153. The van der Waals surface area contributed by atoms with E-state index >= 15 is 0 Å². The molecule has 0 unspecified atom stereocenters. The molecule has 0 aromatic heterocycles. The third kappa shape index (κ3) is 2.78. The largest absolute Gasteiger partial charge is 0.426 e. The van der Waals surface area contributed by atoms with Crippen molar-refractivity contribution in [3.63, 3.8) is 0 Å². The van der Waals surface area contributed by atoms with Crippen LogP contribution in [-0.4, -0.2) is 29.7 Å². The molecule has 0 amide bonds. The number of thioether (sulfide) groups is 1. The van der Waals surface area contributed by atoms with Gasteiger partial charge in [0.2, 0.25) is 5.79 Å². The molecule has 4 nitrogen and oxygen atoms in total. The van der Waals surface area contributed by atoms with Gasteiger partial charge in [-0.3, -0.25) is 4.79 Å². The number of esters is 1. The third-order valence-electron chi connectivity index (χ3n) is 5.60. The van der Waals surface area contributed by atoms with Crippen molar-refractivity contribution in [3.05, 3.63) is 23.3 Å². The van der Waals surface area contributed by atoms with Gasteiger partial charge in [-0.15, -0.1) is 0 Å². The summed E-state index contributed by atoms with van der Waals surface area (Å²) >= 11 is 1.37. The van der Waals surface area contributed by atoms with E-state index in [0.29, 0.717) is 18.3 Å². The number of fused-ring (bicyclic) bond motifs is 2. The number of methoxy groups -OCH3 is 1. The summed E-state index contributed by atoms with van der Waals surface area (Å²) in [6.07, 6.45) is 6.70. The molecule has 3 atom stereocenters. The zero-order chi connectivity index (χ0) is 16.8. The SMILES string of the molecule is CO[C@]12C[C@@H]3C=C(CSC(C)=O)CC[C@H]3C(C)(C)C1=CC(=O)O2. The number of hydrogen-bond donors (Lipinski definition) is 0. The second-order valence-electron chi connectivity index (χ2n) is 7.28. The minimum absolute atomic E-state index is 0.138. The summed E-state index contributed by atoms with van der Waals surface area (Å²) in [7, 11) is 1.61. The molecule has 126 valence electrons. The standard InChI is InChI=1S/C18H24O4S/c1-11(19)23-10-12-5-6-14-13(7-12)9-18(21-4)15(17(14,2)3)8-16(20)22-18/h7-8,13-14H,5-6,9-10H2,1-4H3/t13-,14+,18-/m0/s1. The fourth-order valence-corrected chi connectivity index (χ4v) is 5.15. The fourth-order valence-electron chi connectivity index (χ4n) is 4.52. The molecular formula is C18H24O4S. The maximum atomic E-state index is 11.9. The highest BCUT2D eigenvalue weighted by Gasteiger charge is 2.58. The van der Waals surface area contributed by atoms with Crippen LogP contribution in [0.2, 0.25) is 0 Å². The molecule has 0 saturated heterocycles. The van der Waals surface area contributed by atoms with Gasteiger partial charge in [-0.05, 0) is 30.1 Å². The first-order valence-electron chi connectivity index (χ1n) is 8.12. The van der Waals surface area contributed by atoms with Crippen LogP contribution in [0.3, 0.4) is 0 Å². The van der Waals surface area contributed by atoms with E-state index < -0.39 is 5.79 Å². The van der Waals surface area contributed by atoms with Crippen LogP contribution in [0.1, 0.15) is 40.0 Å². The molecule has 1 fully saturated rings. The Morgan fingerprint density at radius 2 is 2.22 bits per heavy atom. The Morgan fingerprint density at radius 1 is 1.48 bits per heavy atom. The van der Waals surface area contributed by atoms with Crippen LogP contribution in [0, 0.1) is 17.3 Å². The van der Waals surface area contributed by atoms with Crippen LogP contribution >= 0.6 is 11.8 Å². The smallest absolute Gasteiger partial charge is 0.333 e. The van der Waals surface area contributed by atoms with Gasteiger partial charge in [-0.25, -0.2) is 4.79 Å². The molecule has 0 radical (unpaired) electrons. The van der Waals surface area contributed by atoms with Crippen LogP contribution in [0.4, 0.5) is 0 Å². The monoisotopic (exact) mass is 336 g/mol. The van der Waals surface area contributed by atoms with Crippen molar-refractivity contribution in [2.75, 3.05) is 12.9 Å². The van der Waals surface area contributed by atoms with Crippen molar-refractivity contribution in [2.24, 2.45) is 17.3 Å². The molecule has 0 aromatic carbocycles. The quantitative estimate of drug-likeness (QED) is 0.583. The molecule has 5 heteroatoms. The van der Waals surface area contributed by atoms with Crippen molar-refractivity contribution >= 4 is 22.8 Å². The van der Waals surface area contributed by atoms with E-state index in [0.717, 1.165) is 24.2 Å². The number of hydrogen-bond acceptors (Lipinski definition) is 5. The second-order valence-corrected chi connectivity index (χ2v) is 8.43. The Kier molecular flexibility index (Phi) is 4.21. The van der Waals surface area contributed by atoms with Crippen LogP contribution in [0.5, 0.6) is 0 Å². The Bertz CT molecular complexity index is 604. The van der Waals surface area contributed by atoms with E-state index in [2.05, 4.69) is 19.9 Å². The van der Waals surface area contributed by atoms with Crippen LogP contribution < -0.4 is 0 Å². The first-order chi connectivity index (χ1) is 10.8. The predicted octanol–water partition coefficient (Wildman–Crippen LogP) is 3.47. The molecule has 1 saturated carbocycles. The van der Waals surface area contributed by atoms with E-state index in [1.807, 2.05) is 0 Å². The number of carbonyl (C=O) groups is 2. The normalized spacial score (nSPS) is 34.9. The summed E-state index contributed by atoms with van der Waals surface area (Å²) in [5.74, 6) is 0.336. The van der Waals surface area contributed by atoms with E-state index in [-0.39, 0.29) is 16.5 Å². The molecule has 0 spiro atoms. The predicted molar refractivity (Wildman–Crippen MR) is 89.7 cm³/mol. The van der Waals surface area contributed by atoms with Crippen molar-refractivity contribution in [2.45, 2.75) is 45.8 Å². The van der Waals surface area contributed by atoms with Gasteiger partial charge in [0.25, 0.3) is 0 Å². The highest BCUT2D eigenvalue weighted by Crippen LogP contribution is 2.58. The molecular weight excluding hydrogens is 312 g/mol. The number of carbonyl (C=O) groups excluding carboxylic acids is 2. The highest BCUT2D eigenvalue weighted by atomic mass is 32.2. The van der Waals surface area contributed by atoms with Crippen molar-refractivity contribution in [3.8, 4) is 0 Å². The first-order valence-corrected chi connectivity index (χ1v) is 9.11. The van der Waals surface area contributed by atoms with E-state index in [1.165, 1.54) is 17.3 Å². The van der Waals surface area contributed by atoms with E-state index in [1.54, 1.807) is 20.1 Å². The Morgan fingerprint density at radius 3 is 2.87 bits per heavy atom. The van der Waals surface area contributed by atoms with Crippen LogP contribution in [0.15, 0.2) is 23.3 Å². The summed E-state index contributed by atoms with van der Waals surface area (Å²) in [5.41, 5.74) is 2.17. The van der Waals surface area contributed by atoms with Gasteiger partial charge in [0.1, 0.15) is 0 Å². The summed E-state index contributed by atoms with van der Waals surface area (Å²) in [6.45, 7) is 5.98. The van der Waals surface area contributed by atoms with Crippen LogP contribution in [-0.2, 0) is 19.1 Å². The lowest BCUT2D eigenvalue weighted by molar-refractivity contribution is -0.214. The Hall–Kier alpha value is -1.07. The van der Waals surface area contributed by atoms with Gasteiger partial charge >= 0.3 is 5.97 Å². The van der Waals surface area contributed by atoms with Gasteiger partial charge in [-0.1, -0.05) is 37.3 Å².